The van der Waals surface area contributed by atoms with Crippen molar-refractivity contribution in [2.75, 3.05) is 6.54 Å². The highest BCUT2D eigenvalue weighted by Gasteiger charge is 2.01. The van der Waals surface area contributed by atoms with Crippen molar-refractivity contribution in [2.45, 2.75) is 18.9 Å². The lowest BCUT2D eigenvalue weighted by molar-refractivity contribution is 0.619. The highest BCUT2D eigenvalue weighted by atomic mass is 14.6. The van der Waals surface area contributed by atoms with Crippen LogP contribution in [0.5, 0.6) is 0 Å². The van der Waals surface area contributed by atoms with Gasteiger partial charge in [-0.25, -0.2) is 0 Å². The van der Waals surface area contributed by atoms with Crippen LogP contribution >= 0.6 is 0 Å². The van der Waals surface area contributed by atoms with Crippen LogP contribution in [0.15, 0.2) is 30.3 Å². The quantitative estimate of drug-likeness (QED) is 0.695. The summed E-state index contributed by atoms with van der Waals surface area (Å²) in [6, 6.07) is 10.5. The van der Waals surface area contributed by atoms with Crippen molar-refractivity contribution in [3.63, 3.8) is 0 Å². The zero-order chi connectivity index (χ0) is 8.81. The van der Waals surface area contributed by atoms with Crippen LogP contribution in [0.3, 0.4) is 0 Å². The maximum atomic E-state index is 5.84. The Bertz CT molecular complexity index is 208. The number of benzene rings is 1. The minimum atomic E-state index is 0.206. The predicted molar refractivity (Wildman–Crippen MR) is 51.8 cm³/mol. The van der Waals surface area contributed by atoms with Gasteiger partial charge in [0.2, 0.25) is 0 Å². The van der Waals surface area contributed by atoms with E-state index in [4.69, 9.17) is 11.5 Å². The summed E-state index contributed by atoms with van der Waals surface area (Å²) in [6.07, 6.45) is 1.83. The smallest absolute Gasteiger partial charge is 0.00913 e. The van der Waals surface area contributed by atoms with Crippen LogP contribution in [-0.4, -0.2) is 12.6 Å². The van der Waals surface area contributed by atoms with Gasteiger partial charge >= 0.3 is 0 Å². The molecule has 1 rings (SSSR count). The summed E-state index contributed by atoms with van der Waals surface area (Å²) in [4.78, 5) is 0. The molecule has 0 aromatic heterocycles. The van der Waals surface area contributed by atoms with Gasteiger partial charge in [-0.3, -0.25) is 0 Å². The highest BCUT2D eigenvalue weighted by Crippen LogP contribution is 2.02. The first-order valence-corrected chi connectivity index (χ1v) is 4.32. The topological polar surface area (TPSA) is 52.0 Å². The van der Waals surface area contributed by atoms with E-state index < -0.39 is 0 Å². The van der Waals surface area contributed by atoms with Crippen LogP contribution in [0.2, 0.25) is 0 Å². The van der Waals surface area contributed by atoms with Gasteiger partial charge in [-0.15, -0.1) is 0 Å². The Balaban J connectivity index is 2.41. The van der Waals surface area contributed by atoms with Crippen molar-refractivity contribution in [1.82, 2.24) is 0 Å². The molecule has 4 N–H and O–H groups in total. The van der Waals surface area contributed by atoms with Gasteiger partial charge in [0.05, 0.1) is 0 Å². The van der Waals surface area contributed by atoms with E-state index in [9.17, 15) is 0 Å². The average Bonchev–Trinajstić information content (AvgIpc) is 2.06. The molecule has 12 heavy (non-hydrogen) atoms. The Morgan fingerprint density at radius 3 is 2.42 bits per heavy atom. The van der Waals surface area contributed by atoms with E-state index in [2.05, 4.69) is 12.1 Å². The highest BCUT2D eigenvalue weighted by molar-refractivity contribution is 5.15. The molecule has 1 aromatic carbocycles. The molecule has 0 amide bonds. The maximum absolute atomic E-state index is 5.84. The third-order valence-corrected chi connectivity index (χ3v) is 1.88. The molecule has 1 aromatic rings. The van der Waals surface area contributed by atoms with Crippen LogP contribution < -0.4 is 11.5 Å². The summed E-state index contributed by atoms with van der Waals surface area (Å²) in [5, 5.41) is 0. The average molecular weight is 164 g/mol. The van der Waals surface area contributed by atoms with E-state index in [-0.39, 0.29) is 6.04 Å². The van der Waals surface area contributed by atoms with Crippen molar-refractivity contribution in [1.29, 1.82) is 0 Å². The molecule has 2 nitrogen and oxygen atoms in total. The van der Waals surface area contributed by atoms with E-state index in [0.717, 1.165) is 12.8 Å². The number of nitrogens with two attached hydrogens (primary N) is 2. The van der Waals surface area contributed by atoms with Gasteiger partial charge < -0.3 is 11.5 Å². The largest absolute Gasteiger partial charge is 0.330 e. The molecule has 0 bridgehead atoms. The summed E-state index contributed by atoms with van der Waals surface area (Å²) in [7, 11) is 0. The molecule has 0 heterocycles. The lowest BCUT2D eigenvalue weighted by atomic mass is 10.0. The Hall–Kier alpha value is -0.860. The maximum Gasteiger partial charge on any atom is 0.00913 e. The Morgan fingerprint density at radius 1 is 1.17 bits per heavy atom. The zero-order valence-corrected chi connectivity index (χ0v) is 7.24. The second-order valence-corrected chi connectivity index (χ2v) is 3.03. The molecular formula is C10H16N2. The molecule has 0 saturated carbocycles. The Labute approximate surface area is 73.6 Å². The van der Waals surface area contributed by atoms with E-state index in [1.807, 2.05) is 18.2 Å². The molecule has 0 aliphatic carbocycles. The molecular weight excluding hydrogens is 148 g/mol. The second-order valence-electron chi connectivity index (χ2n) is 3.03. The van der Waals surface area contributed by atoms with Gasteiger partial charge in [-0.1, -0.05) is 30.3 Å². The van der Waals surface area contributed by atoms with Gasteiger partial charge in [0, 0.05) is 6.04 Å². The molecule has 0 spiro atoms. The van der Waals surface area contributed by atoms with Crippen LogP contribution in [0.1, 0.15) is 12.0 Å². The molecule has 0 radical (unpaired) electrons. The molecule has 0 saturated heterocycles. The van der Waals surface area contributed by atoms with Crippen molar-refractivity contribution in [3.05, 3.63) is 35.9 Å². The van der Waals surface area contributed by atoms with Crippen LogP contribution in [-0.2, 0) is 6.42 Å². The zero-order valence-electron chi connectivity index (χ0n) is 7.24. The van der Waals surface area contributed by atoms with E-state index in [0.29, 0.717) is 6.54 Å². The Kier molecular flexibility index (Phi) is 3.77. The fourth-order valence-corrected chi connectivity index (χ4v) is 1.23. The molecule has 0 aliphatic heterocycles. The minimum absolute atomic E-state index is 0.206. The van der Waals surface area contributed by atoms with Crippen LogP contribution in [0.4, 0.5) is 0 Å². The SMILES string of the molecule is NCCC(N)Cc1ccccc1. The minimum Gasteiger partial charge on any atom is -0.330 e. The van der Waals surface area contributed by atoms with Crippen molar-refractivity contribution >= 4 is 0 Å². The number of rotatable bonds is 4. The summed E-state index contributed by atoms with van der Waals surface area (Å²) in [6.45, 7) is 0.675. The summed E-state index contributed by atoms with van der Waals surface area (Å²) >= 11 is 0. The van der Waals surface area contributed by atoms with Crippen molar-refractivity contribution < 1.29 is 0 Å². The summed E-state index contributed by atoms with van der Waals surface area (Å²) < 4.78 is 0. The molecule has 2 heteroatoms. The van der Waals surface area contributed by atoms with E-state index in [1.165, 1.54) is 5.56 Å². The molecule has 66 valence electrons. The normalized spacial score (nSPS) is 12.8. The van der Waals surface area contributed by atoms with Gasteiger partial charge in [0.1, 0.15) is 0 Å². The molecule has 0 fully saturated rings. The van der Waals surface area contributed by atoms with Crippen molar-refractivity contribution in [2.24, 2.45) is 11.5 Å². The first-order valence-electron chi connectivity index (χ1n) is 4.32. The number of hydrogen-bond donors (Lipinski definition) is 2. The first-order chi connectivity index (χ1) is 5.83. The third kappa shape index (κ3) is 3.03. The fourth-order valence-electron chi connectivity index (χ4n) is 1.23. The summed E-state index contributed by atoms with van der Waals surface area (Å²) in [5.74, 6) is 0. The molecule has 1 unspecified atom stereocenters. The summed E-state index contributed by atoms with van der Waals surface area (Å²) in [5.41, 5.74) is 12.5. The monoisotopic (exact) mass is 164 g/mol. The van der Waals surface area contributed by atoms with E-state index >= 15 is 0 Å². The van der Waals surface area contributed by atoms with Crippen molar-refractivity contribution in [3.8, 4) is 0 Å². The standard InChI is InChI=1S/C10H16N2/c11-7-6-10(12)8-9-4-2-1-3-5-9/h1-5,10H,6-8,11-12H2. The lowest BCUT2D eigenvalue weighted by Gasteiger charge is -2.09. The van der Waals surface area contributed by atoms with Gasteiger partial charge in [0.15, 0.2) is 0 Å². The lowest BCUT2D eigenvalue weighted by Crippen LogP contribution is -2.25. The van der Waals surface area contributed by atoms with Gasteiger partial charge in [0.25, 0.3) is 0 Å². The van der Waals surface area contributed by atoms with Gasteiger partial charge in [-0.05, 0) is 24.9 Å². The molecule has 0 aliphatic rings. The number of hydrogen-bond acceptors (Lipinski definition) is 2. The first kappa shape index (κ1) is 9.23. The van der Waals surface area contributed by atoms with Gasteiger partial charge in [-0.2, -0.15) is 0 Å². The molecule has 1 atom stereocenters. The third-order valence-electron chi connectivity index (χ3n) is 1.88. The predicted octanol–water partition coefficient (Wildman–Crippen LogP) is 0.905. The van der Waals surface area contributed by atoms with Crippen LogP contribution in [0, 0.1) is 0 Å². The van der Waals surface area contributed by atoms with E-state index in [1.54, 1.807) is 0 Å². The second kappa shape index (κ2) is 4.91. The van der Waals surface area contributed by atoms with Crippen LogP contribution in [0.25, 0.3) is 0 Å². The Morgan fingerprint density at radius 2 is 1.83 bits per heavy atom. The fraction of sp³-hybridized carbons (Fsp3) is 0.400.